The van der Waals surface area contributed by atoms with E-state index in [1.54, 1.807) is 11.8 Å². The maximum absolute atomic E-state index is 5.70. The lowest BCUT2D eigenvalue weighted by Gasteiger charge is -2.18. The summed E-state index contributed by atoms with van der Waals surface area (Å²) in [6.45, 7) is 1.56. The van der Waals surface area contributed by atoms with Crippen LogP contribution in [0.4, 0.5) is 0 Å². The largest absolute Gasteiger partial charge is 0.496 e. The Hall–Kier alpha value is -1.92. The van der Waals surface area contributed by atoms with Crippen LogP contribution in [0.25, 0.3) is 0 Å². The van der Waals surface area contributed by atoms with E-state index < -0.39 is 0 Å². The molecule has 0 radical (unpaired) electrons. The van der Waals surface area contributed by atoms with E-state index in [0.717, 1.165) is 30.0 Å². The number of methoxy groups -OCH3 is 1. The van der Waals surface area contributed by atoms with Gasteiger partial charge in [0.15, 0.2) is 0 Å². The monoisotopic (exact) mass is 304 g/mol. The van der Waals surface area contributed by atoms with Crippen molar-refractivity contribution in [3.05, 3.63) is 47.3 Å². The number of benzene rings is 1. The molecule has 2 aromatic rings. The smallest absolute Gasteiger partial charge is 0.123 e. The maximum atomic E-state index is 5.70. The normalized spacial score (nSPS) is 10.9. The maximum Gasteiger partial charge on any atom is 0.123 e. The molecule has 0 saturated carbocycles. The third kappa shape index (κ3) is 4.03. The summed E-state index contributed by atoms with van der Waals surface area (Å²) in [6, 6.07) is 5.77. The zero-order valence-corrected chi connectivity index (χ0v) is 13.4. The quantitative estimate of drug-likeness (QED) is 0.823. The zero-order chi connectivity index (χ0) is 15.4. The first kappa shape index (κ1) is 15.5. The summed E-state index contributed by atoms with van der Waals surface area (Å²) in [7, 11) is 5.64. The Morgan fingerprint density at radius 1 is 1.43 bits per heavy atom. The molecule has 0 aliphatic carbocycles. The average Bonchev–Trinajstić information content (AvgIpc) is 2.83. The van der Waals surface area contributed by atoms with Crippen molar-refractivity contribution >= 4 is 17.2 Å². The molecule has 0 atom stereocenters. The third-order valence-electron chi connectivity index (χ3n) is 3.22. The second-order valence-corrected chi connectivity index (χ2v) is 5.53. The lowest BCUT2D eigenvalue weighted by molar-refractivity contribution is 0.310. The van der Waals surface area contributed by atoms with Gasteiger partial charge in [-0.3, -0.25) is 9.58 Å². The second-order valence-electron chi connectivity index (χ2n) is 5.09. The fourth-order valence-electron chi connectivity index (χ4n) is 2.27. The molecule has 0 aliphatic rings. The predicted octanol–water partition coefficient (Wildman–Crippen LogP) is 1.69. The number of ether oxygens (including phenoxy) is 1. The summed E-state index contributed by atoms with van der Waals surface area (Å²) in [6.07, 6.45) is 3.89. The molecule has 0 fully saturated rings. The Morgan fingerprint density at radius 2 is 2.19 bits per heavy atom. The molecule has 112 valence electrons. The standard InChI is InChI=1S/C15H20N4OS/c1-18(8-11-7-17-19(2)9-11)10-13-6-12(15(16)21)4-5-14(13)20-3/h4-7,9H,8,10H2,1-3H3,(H2,16,21). The van der Waals surface area contributed by atoms with Crippen LogP contribution in [0.2, 0.25) is 0 Å². The number of aromatic nitrogens is 2. The molecule has 0 spiro atoms. The molecule has 21 heavy (non-hydrogen) atoms. The van der Waals surface area contributed by atoms with Gasteiger partial charge < -0.3 is 10.5 Å². The molecule has 1 heterocycles. The Bertz CT molecular complexity index is 638. The second kappa shape index (κ2) is 6.69. The van der Waals surface area contributed by atoms with Crippen molar-refractivity contribution in [2.45, 2.75) is 13.1 Å². The highest BCUT2D eigenvalue weighted by Gasteiger charge is 2.10. The van der Waals surface area contributed by atoms with Gasteiger partial charge in [-0.05, 0) is 25.2 Å². The van der Waals surface area contributed by atoms with Crippen LogP contribution in [0.5, 0.6) is 5.75 Å². The number of aryl methyl sites for hydroxylation is 1. The van der Waals surface area contributed by atoms with Crippen LogP contribution in [-0.4, -0.2) is 33.8 Å². The van der Waals surface area contributed by atoms with E-state index in [9.17, 15) is 0 Å². The minimum atomic E-state index is 0.397. The van der Waals surface area contributed by atoms with Crippen LogP contribution in [0.15, 0.2) is 30.6 Å². The summed E-state index contributed by atoms with van der Waals surface area (Å²) in [5.41, 5.74) is 8.79. The number of nitrogens with two attached hydrogens (primary N) is 1. The molecule has 1 aromatic heterocycles. The van der Waals surface area contributed by atoms with Gasteiger partial charge in [0.2, 0.25) is 0 Å². The van der Waals surface area contributed by atoms with Gasteiger partial charge in [-0.15, -0.1) is 0 Å². The lowest BCUT2D eigenvalue weighted by Crippen LogP contribution is -2.18. The molecule has 0 amide bonds. The molecule has 5 nitrogen and oxygen atoms in total. The minimum Gasteiger partial charge on any atom is -0.496 e. The molecule has 0 bridgehead atoms. The first-order valence-corrected chi connectivity index (χ1v) is 7.03. The Kier molecular flexibility index (Phi) is 4.93. The van der Waals surface area contributed by atoms with Crippen molar-refractivity contribution in [2.24, 2.45) is 12.8 Å². The molecule has 0 unspecified atom stereocenters. The lowest BCUT2D eigenvalue weighted by atomic mass is 10.1. The van der Waals surface area contributed by atoms with E-state index in [1.165, 1.54) is 5.56 Å². The molecule has 0 saturated heterocycles. The molecule has 1 aromatic carbocycles. The fraction of sp³-hybridized carbons (Fsp3) is 0.333. The van der Waals surface area contributed by atoms with Crippen molar-refractivity contribution in [1.29, 1.82) is 0 Å². The van der Waals surface area contributed by atoms with Gasteiger partial charge in [0, 0.05) is 43.0 Å². The number of hydrogen-bond acceptors (Lipinski definition) is 4. The molecule has 6 heteroatoms. The highest BCUT2D eigenvalue weighted by molar-refractivity contribution is 7.80. The first-order valence-electron chi connectivity index (χ1n) is 6.62. The summed E-state index contributed by atoms with van der Waals surface area (Å²) in [5.74, 6) is 0.841. The summed E-state index contributed by atoms with van der Waals surface area (Å²) < 4.78 is 7.21. The highest BCUT2D eigenvalue weighted by Crippen LogP contribution is 2.22. The van der Waals surface area contributed by atoms with Crippen molar-refractivity contribution in [3.63, 3.8) is 0 Å². The van der Waals surface area contributed by atoms with Gasteiger partial charge in [-0.25, -0.2) is 0 Å². The number of thiocarbonyl (C=S) groups is 1. The van der Waals surface area contributed by atoms with Crippen molar-refractivity contribution in [1.82, 2.24) is 14.7 Å². The van der Waals surface area contributed by atoms with Gasteiger partial charge >= 0.3 is 0 Å². The Balaban J connectivity index is 2.13. The average molecular weight is 304 g/mol. The SMILES string of the molecule is COc1ccc(C(N)=S)cc1CN(C)Cc1cnn(C)c1. The van der Waals surface area contributed by atoms with Crippen molar-refractivity contribution in [3.8, 4) is 5.75 Å². The zero-order valence-electron chi connectivity index (χ0n) is 12.5. The topological polar surface area (TPSA) is 56.3 Å². The van der Waals surface area contributed by atoms with E-state index in [1.807, 2.05) is 37.6 Å². The van der Waals surface area contributed by atoms with Gasteiger partial charge in [0.1, 0.15) is 10.7 Å². The summed E-state index contributed by atoms with van der Waals surface area (Å²) in [5, 5.41) is 4.18. The van der Waals surface area contributed by atoms with E-state index in [2.05, 4.69) is 17.0 Å². The predicted molar refractivity (Wildman–Crippen MR) is 87.3 cm³/mol. The van der Waals surface area contributed by atoms with Gasteiger partial charge in [-0.2, -0.15) is 5.10 Å². The van der Waals surface area contributed by atoms with Crippen LogP contribution in [-0.2, 0) is 20.1 Å². The third-order valence-corrected chi connectivity index (χ3v) is 3.45. The van der Waals surface area contributed by atoms with E-state index >= 15 is 0 Å². The summed E-state index contributed by atoms with van der Waals surface area (Å²) >= 11 is 5.03. The van der Waals surface area contributed by atoms with Crippen LogP contribution in [0.1, 0.15) is 16.7 Å². The highest BCUT2D eigenvalue weighted by atomic mass is 32.1. The van der Waals surface area contributed by atoms with E-state index in [4.69, 9.17) is 22.7 Å². The van der Waals surface area contributed by atoms with Gasteiger partial charge in [0.25, 0.3) is 0 Å². The first-order chi connectivity index (χ1) is 9.99. The Morgan fingerprint density at radius 3 is 2.76 bits per heavy atom. The van der Waals surface area contributed by atoms with Gasteiger partial charge in [-0.1, -0.05) is 12.2 Å². The number of rotatable bonds is 6. The van der Waals surface area contributed by atoms with Crippen LogP contribution >= 0.6 is 12.2 Å². The van der Waals surface area contributed by atoms with E-state index in [0.29, 0.717) is 4.99 Å². The summed E-state index contributed by atoms with van der Waals surface area (Å²) in [4.78, 5) is 2.59. The Labute approximate surface area is 130 Å². The minimum absolute atomic E-state index is 0.397. The number of hydrogen-bond donors (Lipinski definition) is 1. The van der Waals surface area contributed by atoms with Crippen LogP contribution in [0.3, 0.4) is 0 Å². The van der Waals surface area contributed by atoms with Crippen molar-refractivity contribution in [2.75, 3.05) is 14.2 Å². The van der Waals surface area contributed by atoms with Crippen LogP contribution < -0.4 is 10.5 Å². The molecule has 2 rings (SSSR count). The fourth-order valence-corrected chi connectivity index (χ4v) is 2.39. The van der Waals surface area contributed by atoms with Gasteiger partial charge in [0.05, 0.1) is 13.3 Å². The molecule has 2 N–H and O–H groups in total. The van der Waals surface area contributed by atoms with Crippen molar-refractivity contribution < 1.29 is 4.74 Å². The molecular formula is C15H20N4OS. The number of nitrogens with zero attached hydrogens (tertiary/aromatic N) is 3. The van der Waals surface area contributed by atoms with E-state index in [-0.39, 0.29) is 0 Å². The molecular weight excluding hydrogens is 284 g/mol. The van der Waals surface area contributed by atoms with Crippen LogP contribution in [0, 0.1) is 0 Å². The molecule has 0 aliphatic heterocycles.